The quantitative estimate of drug-likeness (QED) is 0.700. The fourth-order valence-electron chi connectivity index (χ4n) is 2.96. The Bertz CT molecular complexity index is 187. The normalized spacial score (nSPS) is 26.2. The standard InChI is InChI=1S/C14H29NO/c1-4-8-14(16,9-5-2)11-15-13-7-6-12(3)10-13/h12-13,15-16H,4-11H2,1-3H3. The van der Waals surface area contributed by atoms with Crippen molar-refractivity contribution in [2.45, 2.75) is 77.4 Å². The van der Waals surface area contributed by atoms with E-state index in [-0.39, 0.29) is 0 Å². The predicted octanol–water partition coefficient (Wildman–Crippen LogP) is 3.10. The minimum absolute atomic E-state index is 0.463. The summed E-state index contributed by atoms with van der Waals surface area (Å²) < 4.78 is 0. The Labute approximate surface area is 101 Å². The van der Waals surface area contributed by atoms with Gasteiger partial charge in [-0.25, -0.2) is 0 Å². The lowest BCUT2D eigenvalue weighted by molar-refractivity contribution is 0.0193. The van der Waals surface area contributed by atoms with Gasteiger partial charge in [-0.3, -0.25) is 0 Å². The molecule has 0 aliphatic heterocycles. The van der Waals surface area contributed by atoms with Crippen LogP contribution in [0.3, 0.4) is 0 Å². The molecule has 1 aliphatic carbocycles. The second-order valence-electron chi connectivity index (χ2n) is 5.72. The van der Waals surface area contributed by atoms with Crippen LogP contribution in [-0.2, 0) is 0 Å². The van der Waals surface area contributed by atoms with Crippen molar-refractivity contribution in [2.75, 3.05) is 6.54 Å². The van der Waals surface area contributed by atoms with Crippen molar-refractivity contribution in [1.82, 2.24) is 5.32 Å². The first-order valence-electron chi connectivity index (χ1n) is 7.05. The smallest absolute Gasteiger partial charge is 0.0771 e. The van der Waals surface area contributed by atoms with Crippen LogP contribution in [0, 0.1) is 5.92 Å². The first-order chi connectivity index (χ1) is 7.59. The molecule has 0 saturated heterocycles. The van der Waals surface area contributed by atoms with Crippen molar-refractivity contribution in [3.63, 3.8) is 0 Å². The second-order valence-corrected chi connectivity index (χ2v) is 5.72. The summed E-state index contributed by atoms with van der Waals surface area (Å²) in [4.78, 5) is 0. The maximum atomic E-state index is 10.5. The first kappa shape index (κ1) is 14.0. The molecule has 2 N–H and O–H groups in total. The molecule has 2 nitrogen and oxygen atoms in total. The summed E-state index contributed by atoms with van der Waals surface area (Å²) in [6.07, 6.45) is 7.91. The van der Waals surface area contributed by atoms with Gasteiger partial charge in [0.15, 0.2) is 0 Å². The second kappa shape index (κ2) is 6.61. The van der Waals surface area contributed by atoms with E-state index in [0.29, 0.717) is 6.04 Å². The topological polar surface area (TPSA) is 32.3 Å². The van der Waals surface area contributed by atoms with Crippen LogP contribution in [0.25, 0.3) is 0 Å². The van der Waals surface area contributed by atoms with Gasteiger partial charge in [0.1, 0.15) is 0 Å². The maximum absolute atomic E-state index is 10.5. The molecule has 1 fully saturated rings. The Morgan fingerprint density at radius 3 is 2.25 bits per heavy atom. The molecule has 0 radical (unpaired) electrons. The van der Waals surface area contributed by atoms with Crippen LogP contribution >= 0.6 is 0 Å². The third-order valence-electron chi connectivity index (χ3n) is 3.85. The number of rotatable bonds is 7. The number of hydrogen-bond donors (Lipinski definition) is 2. The molecule has 2 heteroatoms. The Morgan fingerprint density at radius 2 is 1.81 bits per heavy atom. The maximum Gasteiger partial charge on any atom is 0.0771 e. The van der Waals surface area contributed by atoms with Gasteiger partial charge in [-0.15, -0.1) is 0 Å². The molecule has 0 spiro atoms. The fourth-order valence-corrected chi connectivity index (χ4v) is 2.96. The third kappa shape index (κ3) is 4.42. The predicted molar refractivity (Wildman–Crippen MR) is 69.6 cm³/mol. The van der Waals surface area contributed by atoms with Crippen molar-refractivity contribution in [2.24, 2.45) is 5.92 Å². The third-order valence-corrected chi connectivity index (χ3v) is 3.85. The molecule has 2 atom stereocenters. The van der Waals surface area contributed by atoms with E-state index in [1.54, 1.807) is 0 Å². The summed E-state index contributed by atoms with van der Waals surface area (Å²) in [6, 6.07) is 0.648. The van der Waals surface area contributed by atoms with Gasteiger partial charge in [0.2, 0.25) is 0 Å². The molecule has 0 amide bonds. The molecule has 2 unspecified atom stereocenters. The zero-order chi connectivity index (χ0) is 12.0. The highest BCUT2D eigenvalue weighted by Gasteiger charge is 2.27. The van der Waals surface area contributed by atoms with Crippen LogP contribution in [0.2, 0.25) is 0 Å². The highest BCUT2D eigenvalue weighted by atomic mass is 16.3. The van der Waals surface area contributed by atoms with Crippen LogP contribution in [0.4, 0.5) is 0 Å². The van der Waals surface area contributed by atoms with Gasteiger partial charge in [0.05, 0.1) is 5.60 Å². The molecule has 1 aliphatic rings. The van der Waals surface area contributed by atoms with E-state index in [9.17, 15) is 5.11 Å². The van der Waals surface area contributed by atoms with E-state index < -0.39 is 5.60 Å². The Kier molecular flexibility index (Phi) is 5.77. The number of aliphatic hydroxyl groups is 1. The van der Waals surface area contributed by atoms with Crippen LogP contribution in [-0.4, -0.2) is 23.3 Å². The minimum Gasteiger partial charge on any atom is -0.389 e. The van der Waals surface area contributed by atoms with Crippen molar-refractivity contribution in [1.29, 1.82) is 0 Å². The average molecular weight is 227 g/mol. The first-order valence-corrected chi connectivity index (χ1v) is 7.05. The molecule has 0 heterocycles. The van der Waals surface area contributed by atoms with E-state index in [2.05, 4.69) is 26.1 Å². The van der Waals surface area contributed by atoms with E-state index >= 15 is 0 Å². The zero-order valence-corrected chi connectivity index (χ0v) is 11.3. The summed E-state index contributed by atoms with van der Waals surface area (Å²) in [5.41, 5.74) is -0.463. The highest BCUT2D eigenvalue weighted by Crippen LogP contribution is 2.26. The monoisotopic (exact) mass is 227 g/mol. The summed E-state index contributed by atoms with van der Waals surface area (Å²) >= 11 is 0. The van der Waals surface area contributed by atoms with Crippen molar-refractivity contribution < 1.29 is 5.11 Å². The van der Waals surface area contributed by atoms with Gasteiger partial charge < -0.3 is 10.4 Å². The molecule has 16 heavy (non-hydrogen) atoms. The molecule has 1 saturated carbocycles. The highest BCUT2D eigenvalue weighted by molar-refractivity contribution is 4.85. The van der Waals surface area contributed by atoms with Crippen molar-refractivity contribution in [3.05, 3.63) is 0 Å². The van der Waals surface area contributed by atoms with Crippen molar-refractivity contribution in [3.8, 4) is 0 Å². The lowest BCUT2D eigenvalue weighted by atomic mass is 9.92. The SMILES string of the molecule is CCCC(O)(CCC)CNC1CCC(C)C1. The molecule has 0 bridgehead atoms. The van der Waals surface area contributed by atoms with E-state index in [1.807, 2.05) is 0 Å². The van der Waals surface area contributed by atoms with Gasteiger partial charge in [-0.2, -0.15) is 0 Å². The van der Waals surface area contributed by atoms with Gasteiger partial charge in [0, 0.05) is 12.6 Å². The number of nitrogens with one attached hydrogen (secondary N) is 1. The van der Waals surface area contributed by atoms with Gasteiger partial charge in [-0.1, -0.05) is 33.6 Å². The summed E-state index contributed by atoms with van der Waals surface area (Å²) in [6.45, 7) is 7.41. The van der Waals surface area contributed by atoms with E-state index in [1.165, 1.54) is 19.3 Å². The largest absolute Gasteiger partial charge is 0.389 e. The Morgan fingerprint density at radius 1 is 1.19 bits per heavy atom. The van der Waals surface area contributed by atoms with Gasteiger partial charge in [-0.05, 0) is 38.0 Å². The van der Waals surface area contributed by atoms with Crippen molar-refractivity contribution >= 4 is 0 Å². The summed E-state index contributed by atoms with van der Waals surface area (Å²) in [5, 5.41) is 14.0. The molecular weight excluding hydrogens is 198 g/mol. The average Bonchev–Trinajstić information content (AvgIpc) is 2.62. The minimum atomic E-state index is -0.463. The molecule has 96 valence electrons. The molecule has 1 rings (SSSR count). The molecule has 0 aromatic carbocycles. The van der Waals surface area contributed by atoms with Crippen LogP contribution in [0.1, 0.15) is 65.7 Å². The van der Waals surface area contributed by atoms with Crippen LogP contribution < -0.4 is 5.32 Å². The Balaban J connectivity index is 2.31. The van der Waals surface area contributed by atoms with Crippen LogP contribution in [0.15, 0.2) is 0 Å². The van der Waals surface area contributed by atoms with Crippen LogP contribution in [0.5, 0.6) is 0 Å². The van der Waals surface area contributed by atoms with Gasteiger partial charge >= 0.3 is 0 Å². The lowest BCUT2D eigenvalue weighted by Gasteiger charge is -2.29. The molecule has 0 aromatic heterocycles. The van der Waals surface area contributed by atoms with E-state index in [0.717, 1.165) is 38.1 Å². The summed E-state index contributed by atoms with van der Waals surface area (Å²) in [5.74, 6) is 0.864. The van der Waals surface area contributed by atoms with E-state index in [4.69, 9.17) is 0 Å². The zero-order valence-electron chi connectivity index (χ0n) is 11.3. The Hall–Kier alpha value is -0.0800. The summed E-state index contributed by atoms with van der Waals surface area (Å²) in [7, 11) is 0. The molecule has 0 aromatic rings. The lowest BCUT2D eigenvalue weighted by Crippen LogP contribution is -2.43. The fraction of sp³-hybridized carbons (Fsp3) is 1.00. The molecular formula is C14H29NO. The van der Waals surface area contributed by atoms with Gasteiger partial charge in [0.25, 0.3) is 0 Å². The number of hydrogen-bond acceptors (Lipinski definition) is 2.